The van der Waals surface area contributed by atoms with Crippen molar-refractivity contribution < 1.29 is 9.47 Å². The maximum absolute atomic E-state index is 5.88. The molecule has 0 atom stereocenters. The van der Waals surface area contributed by atoms with Gasteiger partial charge in [-0.2, -0.15) is 0 Å². The summed E-state index contributed by atoms with van der Waals surface area (Å²) in [5, 5.41) is 0.569. The number of benzene rings is 1. The largest absolute Gasteiger partial charge is 0.496 e. The average molecular weight is 217 g/mol. The maximum atomic E-state index is 5.88. The van der Waals surface area contributed by atoms with Gasteiger partial charge in [0.15, 0.2) is 0 Å². The van der Waals surface area contributed by atoms with E-state index in [-0.39, 0.29) is 0 Å². The van der Waals surface area contributed by atoms with Gasteiger partial charge in [-0.15, -0.1) is 0 Å². The van der Waals surface area contributed by atoms with Crippen molar-refractivity contribution in [3.05, 3.63) is 22.7 Å². The SMILES string of the molecule is CC.COc1cc(Cl)c(OC)cc1C. The highest BCUT2D eigenvalue weighted by Gasteiger charge is 2.05. The van der Waals surface area contributed by atoms with Crippen molar-refractivity contribution in [1.82, 2.24) is 0 Å². The summed E-state index contributed by atoms with van der Waals surface area (Å²) in [7, 11) is 3.21. The van der Waals surface area contributed by atoms with Crippen molar-refractivity contribution in [2.45, 2.75) is 20.8 Å². The number of aryl methyl sites for hydroxylation is 1. The summed E-state index contributed by atoms with van der Waals surface area (Å²) >= 11 is 5.88. The molecule has 0 heterocycles. The van der Waals surface area contributed by atoms with Crippen LogP contribution in [0.2, 0.25) is 5.02 Å². The molecule has 0 aliphatic carbocycles. The molecule has 0 aliphatic heterocycles. The standard InChI is InChI=1S/C9H11ClO2.C2H6/c1-6-4-9(12-3)7(10)5-8(6)11-2;1-2/h4-5H,1-3H3;1-2H3. The van der Waals surface area contributed by atoms with Gasteiger partial charge in [-0.05, 0) is 18.6 Å². The lowest BCUT2D eigenvalue weighted by atomic mass is 10.2. The van der Waals surface area contributed by atoms with E-state index in [0.717, 1.165) is 11.3 Å². The molecule has 14 heavy (non-hydrogen) atoms. The molecule has 1 rings (SSSR count). The Kier molecular flexibility index (Phi) is 6.13. The molecule has 0 N–H and O–H groups in total. The highest BCUT2D eigenvalue weighted by atomic mass is 35.5. The minimum atomic E-state index is 0.569. The molecule has 0 aliphatic rings. The molecule has 0 bridgehead atoms. The molecule has 0 saturated heterocycles. The Bertz CT molecular complexity index is 255. The van der Waals surface area contributed by atoms with Crippen LogP contribution in [0.5, 0.6) is 11.5 Å². The van der Waals surface area contributed by atoms with Crippen LogP contribution in [0.4, 0.5) is 0 Å². The third kappa shape index (κ3) is 3.11. The molecule has 80 valence electrons. The normalized spacial score (nSPS) is 8.71. The van der Waals surface area contributed by atoms with E-state index in [1.165, 1.54) is 0 Å². The minimum absolute atomic E-state index is 0.569. The molecular formula is C11H17ClO2. The van der Waals surface area contributed by atoms with Crippen LogP contribution in [-0.2, 0) is 0 Å². The second-order valence-electron chi connectivity index (χ2n) is 2.46. The number of hydrogen-bond acceptors (Lipinski definition) is 2. The number of rotatable bonds is 2. The van der Waals surface area contributed by atoms with Crippen molar-refractivity contribution in [1.29, 1.82) is 0 Å². The Labute approximate surface area is 90.8 Å². The van der Waals surface area contributed by atoms with Crippen molar-refractivity contribution in [2.75, 3.05) is 14.2 Å². The van der Waals surface area contributed by atoms with E-state index in [1.54, 1.807) is 20.3 Å². The summed E-state index contributed by atoms with van der Waals surface area (Å²) in [6.45, 7) is 5.94. The van der Waals surface area contributed by atoms with Gasteiger partial charge in [0.05, 0.1) is 19.2 Å². The third-order valence-corrected chi connectivity index (χ3v) is 1.96. The second kappa shape index (κ2) is 6.55. The predicted molar refractivity (Wildman–Crippen MR) is 60.6 cm³/mol. The summed E-state index contributed by atoms with van der Waals surface area (Å²) in [4.78, 5) is 0. The molecule has 0 fully saturated rings. The lowest BCUT2D eigenvalue weighted by molar-refractivity contribution is 0.400. The monoisotopic (exact) mass is 216 g/mol. The molecule has 2 nitrogen and oxygen atoms in total. The van der Waals surface area contributed by atoms with Gasteiger partial charge in [0.2, 0.25) is 0 Å². The molecule has 0 unspecified atom stereocenters. The summed E-state index contributed by atoms with van der Waals surface area (Å²) in [6, 6.07) is 3.59. The molecular weight excluding hydrogens is 200 g/mol. The van der Waals surface area contributed by atoms with E-state index in [0.29, 0.717) is 10.8 Å². The molecule has 0 spiro atoms. The minimum Gasteiger partial charge on any atom is -0.496 e. The lowest BCUT2D eigenvalue weighted by Crippen LogP contribution is -1.90. The van der Waals surface area contributed by atoms with Gasteiger partial charge in [-0.3, -0.25) is 0 Å². The fourth-order valence-corrected chi connectivity index (χ4v) is 1.24. The van der Waals surface area contributed by atoms with Crippen molar-refractivity contribution in [3.8, 4) is 11.5 Å². The van der Waals surface area contributed by atoms with Crippen LogP contribution in [-0.4, -0.2) is 14.2 Å². The second-order valence-corrected chi connectivity index (χ2v) is 2.86. The Morgan fingerprint density at radius 2 is 1.50 bits per heavy atom. The molecule has 0 aromatic heterocycles. The third-order valence-electron chi connectivity index (χ3n) is 1.67. The van der Waals surface area contributed by atoms with Crippen LogP contribution < -0.4 is 9.47 Å². The van der Waals surface area contributed by atoms with Crippen LogP contribution in [0, 0.1) is 6.92 Å². The van der Waals surface area contributed by atoms with Crippen LogP contribution in [0.15, 0.2) is 12.1 Å². The first-order chi connectivity index (χ1) is 6.69. The fourth-order valence-electron chi connectivity index (χ4n) is 1.01. The van der Waals surface area contributed by atoms with E-state index >= 15 is 0 Å². The van der Waals surface area contributed by atoms with Gasteiger partial charge in [-0.1, -0.05) is 25.4 Å². The number of methoxy groups -OCH3 is 2. The van der Waals surface area contributed by atoms with Crippen molar-refractivity contribution in [3.63, 3.8) is 0 Å². The van der Waals surface area contributed by atoms with Crippen LogP contribution in [0.3, 0.4) is 0 Å². The zero-order valence-corrected chi connectivity index (χ0v) is 10.1. The summed E-state index contributed by atoms with van der Waals surface area (Å²) in [5.41, 5.74) is 1.01. The van der Waals surface area contributed by atoms with E-state index < -0.39 is 0 Å². The number of ether oxygens (including phenoxy) is 2. The van der Waals surface area contributed by atoms with Gasteiger partial charge in [0.1, 0.15) is 11.5 Å². The Balaban J connectivity index is 0.000000791. The predicted octanol–water partition coefficient (Wildman–Crippen LogP) is 3.69. The molecule has 0 radical (unpaired) electrons. The first-order valence-corrected chi connectivity index (χ1v) is 4.95. The van der Waals surface area contributed by atoms with Crippen LogP contribution in [0.1, 0.15) is 19.4 Å². The average Bonchev–Trinajstić information content (AvgIpc) is 2.23. The molecule has 0 amide bonds. The van der Waals surface area contributed by atoms with E-state index in [1.807, 2.05) is 26.8 Å². The summed E-state index contributed by atoms with van der Waals surface area (Å²) in [6.07, 6.45) is 0. The van der Waals surface area contributed by atoms with E-state index in [4.69, 9.17) is 21.1 Å². The van der Waals surface area contributed by atoms with Crippen LogP contribution in [0.25, 0.3) is 0 Å². The highest BCUT2D eigenvalue weighted by Crippen LogP contribution is 2.31. The Morgan fingerprint density at radius 3 is 1.93 bits per heavy atom. The number of hydrogen-bond donors (Lipinski definition) is 0. The van der Waals surface area contributed by atoms with Gasteiger partial charge >= 0.3 is 0 Å². The summed E-state index contributed by atoms with van der Waals surface area (Å²) < 4.78 is 10.1. The Morgan fingerprint density at radius 1 is 1.00 bits per heavy atom. The maximum Gasteiger partial charge on any atom is 0.137 e. The zero-order chi connectivity index (χ0) is 11.1. The van der Waals surface area contributed by atoms with Gasteiger partial charge in [0.25, 0.3) is 0 Å². The summed E-state index contributed by atoms with van der Waals surface area (Å²) in [5.74, 6) is 1.45. The first kappa shape index (κ1) is 13.1. The van der Waals surface area contributed by atoms with Crippen LogP contribution >= 0.6 is 11.6 Å². The number of halogens is 1. The van der Waals surface area contributed by atoms with Gasteiger partial charge in [-0.25, -0.2) is 0 Å². The highest BCUT2D eigenvalue weighted by molar-refractivity contribution is 6.32. The molecule has 1 aromatic rings. The van der Waals surface area contributed by atoms with Gasteiger partial charge in [0, 0.05) is 6.07 Å². The lowest BCUT2D eigenvalue weighted by Gasteiger charge is -2.08. The zero-order valence-electron chi connectivity index (χ0n) is 9.35. The quantitative estimate of drug-likeness (QED) is 0.751. The Hall–Kier alpha value is -0.890. The van der Waals surface area contributed by atoms with E-state index in [2.05, 4.69) is 0 Å². The topological polar surface area (TPSA) is 18.5 Å². The molecule has 1 aromatic carbocycles. The van der Waals surface area contributed by atoms with Crippen molar-refractivity contribution >= 4 is 11.6 Å². The van der Waals surface area contributed by atoms with Gasteiger partial charge < -0.3 is 9.47 Å². The smallest absolute Gasteiger partial charge is 0.137 e. The first-order valence-electron chi connectivity index (χ1n) is 4.57. The van der Waals surface area contributed by atoms with E-state index in [9.17, 15) is 0 Å². The molecule has 0 saturated carbocycles. The fraction of sp³-hybridized carbons (Fsp3) is 0.455. The van der Waals surface area contributed by atoms with Crippen molar-refractivity contribution in [2.24, 2.45) is 0 Å². The molecule has 3 heteroatoms.